The first-order valence-corrected chi connectivity index (χ1v) is 6.69. The average molecular weight is 286 g/mol. The highest BCUT2D eigenvalue weighted by molar-refractivity contribution is 5.74. The molecule has 108 valence electrons. The zero-order valence-electron chi connectivity index (χ0n) is 11.8. The average Bonchev–Trinajstić information content (AvgIpc) is 2.40. The van der Waals surface area contributed by atoms with Gasteiger partial charge in [0.15, 0.2) is 12.4 Å². The number of carbonyl (C=O) groups is 1. The molecule has 4 nitrogen and oxygen atoms in total. The lowest BCUT2D eigenvalue weighted by atomic mass is 10.3. The minimum absolute atomic E-state index is 0. The molecule has 0 fully saturated rings. The largest absolute Gasteiger partial charge is 1.00 e. The maximum Gasteiger partial charge on any atom is 0.285 e. The molecule has 0 unspecified atom stereocenters. The van der Waals surface area contributed by atoms with Gasteiger partial charge in [-0.3, -0.25) is 4.79 Å². The Kier molecular flexibility index (Phi) is 10.1. The summed E-state index contributed by atoms with van der Waals surface area (Å²) in [6.07, 6.45) is 4.80. The van der Waals surface area contributed by atoms with Gasteiger partial charge in [0.2, 0.25) is 6.54 Å². The fourth-order valence-electron chi connectivity index (χ4n) is 1.83. The fraction of sp³-hybridized carbons (Fsp3) is 0.571. The van der Waals surface area contributed by atoms with Crippen LogP contribution < -0.4 is 22.3 Å². The lowest BCUT2D eigenvalue weighted by Crippen LogP contribution is -3.00. The van der Waals surface area contributed by atoms with E-state index in [0.717, 1.165) is 32.6 Å². The topological polar surface area (TPSA) is 36.2 Å². The Labute approximate surface area is 122 Å². The van der Waals surface area contributed by atoms with Gasteiger partial charge in [-0.2, -0.15) is 4.57 Å². The molecular formula is C14H24ClN3O. The van der Waals surface area contributed by atoms with E-state index in [1.54, 1.807) is 0 Å². The van der Waals surface area contributed by atoms with Crippen molar-refractivity contribution in [2.24, 2.45) is 0 Å². The molecule has 0 spiro atoms. The number of nitrogens with zero attached hydrogens (tertiary/aromatic N) is 2. The molecule has 1 rings (SSSR count). The SMILES string of the molecule is CCN(CC)CCCNC(=O)C[n+]1ccccc1.[Cl-]. The zero-order chi connectivity index (χ0) is 13.2. The number of hydrogen-bond acceptors (Lipinski definition) is 2. The molecule has 1 aromatic rings. The molecule has 5 heteroatoms. The van der Waals surface area contributed by atoms with Crippen molar-refractivity contribution in [1.82, 2.24) is 10.2 Å². The summed E-state index contributed by atoms with van der Waals surface area (Å²) in [4.78, 5) is 14.0. The van der Waals surface area contributed by atoms with E-state index < -0.39 is 0 Å². The predicted molar refractivity (Wildman–Crippen MR) is 72.1 cm³/mol. The van der Waals surface area contributed by atoms with Gasteiger partial charge in [0.05, 0.1) is 0 Å². The first kappa shape index (κ1) is 17.9. The Balaban J connectivity index is 0.00000324. The van der Waals surface area contributed by atoms with Crippen LogP contribution in [0.25, 0.3) is 0 Å². The molecule has 0 radical (unpaired) electrons. The van der Waals surface area contributed by atoms with E-state index in [1.807, 2.05) is 35.2 Å². The van der Waals surface area contributed by atoms with Crippen LogP contribution in [0, 0.1) is 0 Å². The molecule has 0 aliphatic rings. The summed E-state index contributed by atoms with van der Waals surface area (Å²) in [5.41, 5.74) is 0. The number of rotatable bonds is 8. The second-order valence-corrected chi connectivity index (χ2v) is 4.28. The number of hydrogen-bond donors (Lipinski definition) is 1. The van der Waals surface area contributed by atoms with Crippen molar-refractivity contribution < 1.29 is 21.8 Å². The second-order valence-electron chi connectivity index (χ2n) is 4.28. The number of nitrogens with one attached hydrogen (secondary N) is 1. The van der Waals surface area contributed by atoms with Crippen molar-refractivity contribution in [2.75, 3.05) is 26.2 Å². The normalized spacial score (nSPS) is 10.1. The van der Waals surface area contributed by atoms with Gasteiger partial charge in [-0.05, 0) is 26.1 Å². The number of aromatic nitrogens is 1. The van der Waals surface area contributed by atoms with Crippen LogP contribution in [0.4, 0.5) is 0 Å². The Bertz CT molecular complexity index is 342. The van der Waals surface area contributed by atoms with Gasteiger partial charge in [-0.1, -0.05) is 19.9 Å². The van der Waals surface area contributed by atoms with Crippen molar-refractivity contribution >= 4 is 5.91 Å². The second kappa shape index (κ2) is 10.8. The molecule has 0 saturated heterocycles. The van der Waals surface area contributed by atoms with E-state index >= 15 is 0 Å². The summed E-state index contributed by atoms with van der Waals surface area (Å²) in [5.74, 6) is 0.0748. The van der Waals surface area contributed by atoms with Gasteiger partial charge >= 0.3 is 0 Å². The maximum atomic E-state index is 11.7. The van der Waals surface area contributed by atoms with E-state index in [0.29, 0.717) is 6.54 Å². The van der Waals surface area contributed by atoms with Crippen molar-refractivity contribution in [1.29, 1.82) is 0 Å². The quantitative estimate of drug-likeness (QED) is 0.436. The van der Waals surface area contributed by atoms with Crippen LogP contribution in [0.1, 0.15) is 20.3 Å². The third kappa shape index (κ3) is 7.80. The third-order valence-corrected chi connectivity index (χ3v) is 2.97. The Hall–Kier alpha value is -1.13. The molecule has 0 atom stereocenters. The van der Waals surface area contributed by atoms with Crippen LogP contribution in [-0.4, -0.2) is 37.0 Å². The monoisotopic (exact) mass is 285 g/mol. The van der Waals surface area contributed by atoms with Gasteiger partial charge in [-0.15, -0.1) is 0 Å². The summed E-state index contributed by atoms with van der Waals surface area (Å²) in [7, 11) is 0. The smallest absolute Gasteiger partial charge is 0.285 e. The summed E-state index contributed by atoms with van der Waals surface area (Å²) < 4.78 is 1.87. The third-order valence-electron chi connectivity index (χ3n) is 2.97. The summed E-state index contributed by atoms with van der Waals surface area (Å²) in [6, 6.07) is 5.79. The fourth-order valence-corrected chi connectivity index (χ4v) is 1.83. The maximum absolute atomic E-state index is 11.7. The van der Waals surface area contributed by atoms with Gasteiger partial charge in [-0.25, -0.2) is 0 Å². The predicted octanol–water partition coefficient (Wildman–Crippen LogP) is -2.17. The summed E-state index contributed by atoms with van der Waals surface area (Å²) in [6.45, 7) is 8.66. The van der Waals surface area contributed by atoms with Crippen molar-refractivity contribution in [3.63, 3.8) is 0 Å². The molecule has 0 aliphatic heterocycles. The van der Waals surface area contributed by atoms with Crippen LogP contribution in [0.15, 0.2) is 30.6 Å². The molecule has 0 aliphatic carbocycles. The first-order valence-electron chi connectivity index (χ1n) is 6.69. The highest BCUT2D eigenvalue weighted by Gasteiger charge is 2.07. The minimum Gasteiger partial charge on any atom is -1.00 e. The number of amides is 1. The molecular weight excluding hydrogens is 262 g/mol. The van der Waals surface area contributed by atoms with E-state index in [4.69, 9.17) is 0 Å². The Morgan fingerprint density at radius 1 is 1.16 bits per heavy atom. The van der Waals surface area contributed by atoms with E-state index in [9.17, 15) is 4.79 Å². The molecule has 1 heterocycles. The van der Waals surface area contributed by atoms with Gasteiger partial charge in [0.1, 0.15) is 0 Å². The number of pyridine rings is 1. The first-order chi connectivity index (χ1) is 8.76. The molecule has 0 aromatic carbocycles. The summed E-state index contributed by atoms with van der Waals surface area (Å²) in [5, 5.41) is 2.95. The van der Waals surface area contributed by atoms with Crippen LogP contribution in [0.5, 0.6) is 0 Å². The van der Waals surface area contributed by atoms with Gasteiger partial charge < -0.3 is 22.6 Å². The standard InChI is InChI=1S/C14H23N3O.ClH/c1-3-16(4-2)12-8-9-15-14(18)13-17-10-6-5-7-11-17;/h5-7,10-11H,3-4,8-9,12-13H2,1-2H3;1H. The highest BCUT2D eigenvalue weighted by atomic mass is 35.5. The van der Waals surface area contributed by atoms with Crippen molar-refractivity contribution in [3.05, 3.63) is 30.6 Å². The molecule has 1 N–H and O–H groups in total. The Morgan fingerprint density at radius 3 is 2.37 bits per heavy atom. The highest BCUT2D eigenvalue weighted by Crippen LogP contribution is 1.89. The molecule has 0 saturated carbocycles. The van der Waals surface area contributed by atoms with Crippen LogP contribution >= 0.6 is 0 Å². The lowest BCUT2D eigenvalue weighted by molar-refractivity contribution is -0.684. The summed E-state index contributed by atoms with van der Waals surface area (Å²) >= 11 is 0. The van der Waals surface area contributed by atoms with E-state index in [1.165, 1.54) is 0 Å². The van der Waals surface area contributed by atoms with Crippen LogP contribution in [0.2, 0.25) is 0 Å². The molecule has 1 aromatic heterocycles. The molecule has 1 amide bonds. The van der Waals surface area contributed by atoms with E-state index in [-0.39, 0.29) is 18.3 Å². The van der Waals surface area contributed by atoms with Crippen molar-refractivity contribution in [3.8, 4) is 0 Å². The Morgan fingerprint density at radius 2 is 1.79 bits per heavy atom. The molecule has 19 heavy (non-hydrogen) atoms. The van der Waals surface area contributed by atoms with Crippen molar-refractivity contribution in [2.45, 2.75) is 26.8 Å². The van der Waals surface area contributed by atoms with Crippen LogP contribution in [0.3, 0.4) is 0 Å². The minimum atomic E-state index is 0. The number of carbonyl (C=O) groups excluding carboxylic acids is 1. The number of halogens is 1. The van der Waals surface area contributed by atoms with Gasteiger partial charge in [0.25, 0.3) is 5.91 Å². The van der Waals surface area contributed by atoms with Gasteiger partial charge in [0, 0.05) is 18.7 Å². The lowest BCUT2D eigenvalue weighted by Gasteiger charge is -2.17. The van der Waals surface area contributed by atoms with Crippen LogP contribution in [-0.2, 0) is 11.3 Å². The van der Waals surface area contributed by atoms with E-state index in [2.05, 4.69) is 24.1 Å². The molecule has 0 bridgehead atoms. The zero-order valence-corrected chi connectivity index (χ0v) is 12.6.